The summed E-state index contributed by atoms with van der Waals surface area (Å²) in [7, 11) is -3.62. The summed E-state index contributed by atoms with van der Waals surface area (Å²) in [6, 6.07) is 9.21. The number of aryl methyl sites for hydroxylation is 1. The van der Waals surface area contributed by atoms with Gasteiger partial charge in [0, 0.05) is 25.0 Å². The summed E-state index contributed by atoms with van der Waals surface area (Å²) in [6.45, 7) is 3.71. The van der Waals surface area contributed by atoms with Crippen molar-refractivity contribution in [1.29, 1.82) is 0 Å². The summed E-state index contributed by atoms with van der Waals surface area (Å²) >= 11 is 1.09. The van der Waals surface area contributed by atoms with Crippen molar-refractivity contribution in [3.63, 3.8) is 0 Å². The number of nitrogens with one attached hydrogen (secondary N) is 1. The molecule has 3 rings (SSSR count). The van der Waals surface area contributed by atoms with Crippen molar-refractivity contribution >= 4 is 27.3 Å². The fourth-order valence-electron chi connectivity index (χ4n) is 3.10. The van der Waals surface area contributed by atoms with Crippen LogP contribution in [-0.4, -0.2) is 32.3 Å². The molecule has 1 aromatic heterocycles. The largest absolute Gasteiger partial charge is 0.339 e. The second-order valence-electron chi connectivity index (χ2n) is 6.67. The standard InChI is InChI=1S/C19H24N2O3S2/c1-15-7-6-8-16(11-15)13-20-26(23,24)18-12-17(14-25-18)19(22)21-9-4-2-3-5-10-21/h6-8,11-12,14,20H,2-5,9-10,13H2,1H3. The zero-order valence-electron chi connectivity index (χ0n) is 14.9. The van der Waals surface area contributed by atoms with Gasteiger partial charge in [-0.3, -0.25) is 4.79 Å². The SMILES string of the molecule is Cc1cccc(CNS(=O)(=O)c2cc(C(=O)N3CCCCCC3)cs2)c1. The Labute approximate surface area is 159 Å². The zero-order chi connectivity index (χ0) is 18.6. The first-order valence-electron chi connectivity index (χ1n) is 8.89. The third kappa shape index (κ3) is 4.72. The minimum atomic E-state index is -3.62. The molecule has 1 aliphatic heterocycles. The predicted molar refractivity (Wildman–Crippen MR) is 104 cm³/mol. The van der Waals surface area contributed by atoms with Gasteiger partial charge in [0.1, 0.15) is 4.21 Å². The first-order chi connectivity index (χ1) is 12.5. The van der Waals surface area contributed by atoms with Crippen LogP contribution in [-0.2, 0) is 16.6 Å². The Hall–Kier alpha value is -1.70. The average Bonchev–Trinajstić information content (AvgIpc) is 2.97. The number of rotatable bonds is 5. The van der Waals surface area contributed by atoms with Gasteiger partial charge >= 0.3 is 0 Å². The first kappa shape index (κ1) is 19.1. The molecule has 0 unspecified atom stereocenters. The summed E-state index contributed by atoms with van der Waals surface area (Å²) in [4.78, 5) is 14.5. The van der Waals surface area contributed by atoms with Gasteiger partial charge in [-0.05, 0) is 31.4 Å². The van der Waals surface area contributed by atoms with Crippen molar-refractivity contribution < 1.29 is 13.2 Å². The number of carbonyl (C=O) groups excluding carboxylic acids is 1. The van der Waals surface area contributed by atoms with E-state index in [2.05, 4.69) is 4.72 Å². The number of carbonyl (C=O) groups is 1. The molecule has 26 heavy (non-hydrogen) atoms. The molecule has 1 saturated heterocycles. The average molecular weight is 393 g/mol. The molecule has 0 aliphatic carbocycles. The number of hydrogen-bond acceptors (Lipinski definition) is 4. The highest BCUT2D eigenvalue weighted by molar-refractivity contribution is 7.91. The Balaban J connectivity index is 1.68. The van der Waals surface area contributed by atoms with E-state index < -0.39 is 10.0 Å². The van der Waals surface area contributed by atoms with Gasteiger partial charge in [0.2, 0.25) is 10.0 Å². The Morgan fingerprint density at radius 3 is 2.58 bits per heavy atom. The van der Waals surface area contributed by atoms with Crippen LogP contribution in [0.5, 0.6) is 0 Å². The number of likely N-dealkylation sites (tertiary alicyclic amines) is 1. The van der Waals surface area contributed by atoms with Gasteiger partial charge in [-0.15, -0.1) is 11.3 Å². The van der Waals surface area contributed by atoms with Crippen LogP contribution in [0.2, 0.25) is 0 Å². The van der Waals surface area contributed by atoms with Gasteiger partial charge in [-0.1, -0.05) is 42.7 Å². The van der Waals surface area contributed by atoms with E-state index in [0.29, 0.717) is 5.56 Å². The van der Waals surface area contributed by atoms with Crippen LogP contribution in [0.3, 0.4) is 0 Å². The number of amides is 1. The smallest absolute Gasteiger partial charge is 0.254 e. The van der Waals surface area contributed by atoms with Crippen molar-refractivity contribution in [2.45, 2.75) is 43.4 Å². The molecule has 1 fully saturated rings. The number of thiophene rings is 1. The molecule has 1 N–H and O–H groups in total. The Bertz CT molecular complexity index is 866. The topological polar surface area (TPSA) is 66.5 Å². The molecule has 0 atom stereocenters. The maximum Gasteiger partial charge on any atom is 0.254 e. The first-order valence-corrected chi connectivity index (χ1v) is 11.2. The molecule has 0 radical (unpaired) electrons. The summed E-state index contributed by atoms with van der Waals surface area (Å²) in [5.74, 6) is -0.0664. The second-order valence-corrected chi connectivity index (χ2v) is 9.58. The van der Waals surface area contributed by atoms with E-state index >= 15 is 0 Å². The summed E-state index contributed by atoms with van der Waals surface area (Å²) in [5, 5.41) is 1.65. The quantitative estimate of drug-likeness (QED) is 0.846. The van der Waals surface area contributed by atoms with E-state index in [0.717, 1.165) is 61.2 Å². The van der Waals surface area contributed by atoms with Gasteiger partial charge in [0.25, 0.3) is 5.91 Å². The molecule has 0 saturated carbocycles. The third-order valence-corrected chi connectivity index (χ3v) is 7.37. The summed E-state index contributed by atoms with van der Waals surface area (Å²) < 4.78 is 27.9. The molecule has 2 heterocycles. The molecule has 7 heteroatoms. The molecule has 5 nitrogen and oxygen atoms in total. The van der Waals surface area contributed by atoms with Crippen LogP contribution in [0.1, 0.15) is 47.2 Å². The molecule has 1 aliphatic rings. The van der Waals surface area contributed by atoms with Gasteiger partial charge < -0.3 is 4.90 Å². The lowest BCUT2D eigenvalue weighted by Gasteiger charge is -2.19. The Morgan fingerprint density at radius 2 is 1.88 bits per heavy atom. The van der Waals surface area contributed by atoms with E-state index in [1.807, 2.05) is 36.1 Å². The molecule has 0 spiro atoms. The normalized spacial score (nSPS) is 15.7. The van der Waals surface area contributed by atoms with Crippen molar-refractivity contribution in [1.82, 2.24) is 9.62 Å². The lowest BCUT2D eigenvalue weighted by Crippen LogP contribution is -2.31. The number of hydrogen-bond donors (Lipinski definition) is 1. The lowest BCUT2D eigenvalue weighted by molar-refractivity contribution is 0.0762. The zero-order valence-corrected chi connectivity index (χ0v) is 16.5. The molecule has 0 bridgehead atoms. The molecular formula is C19H24N2O3S2. The number of benzene rings is 1. The third-order valence-electron chi connectivity index (χ3n) is 4.53. The van der Waals surface area contributed by atoms with Gasteiger partial charge in [0.15, 0.2) is 0 Å². The lowest BCUT2D eigenvalue weighted by atomic mass is 10.1. The summed E-state index contributed by atoms with van der Waals surface area (Å²) in [6.07, 6.45) is 4.32. The number of nitrogens with zero attached hydrogens (tertiary/aromatic N) is 1. The van der Waals surface area contributed by atoms with Crippen molar-refractivity contribution in [2.75, 3.05) is 13.1 Å². The van der Waals surface area contributed by atoms with Crippen LogP contribution in [0.15, 0.2) is 39.9 Å². The molecule has 2 aromatic rings. The molecule has 140 valence electrons. The highest BCUT2D eigenvalue weighted by Crippen LogP contribution is 2.23. The van der Waals surface area contributed by atoms with Crippen molar-refractivity contribution in [3.05, 3.63) is 52.4 Å². The van der Waals surface area contributed by atoms with Crippen LogP contribution < -0.4 is 4.72 Å². The highest BCUT2D eigenvalue weighted by atomic mass is 32.2. The van der Waals surface area contributed by atoms with Gasteiger partial charge in [-0.25, -0.2) is 13.1 Å². The minimum Gasteiger partial charge on any atom is -0.339 e. The fourth-order valence-corrected chi connectivity index (χ4v) is 5.31. The maximum absolute atomic E-state index is 12.6. The van der Waals surface area contributed by atoms with E-state index in [1.165, 1.54) is 6.07 Å². The van der Waals surface area contributed by atoms with E-state index in [4.69, 9.17) is 0 Å². The van der Waals surface area contributed by atoms with Crippen LogP contribution >= 0.6 is 11.3 Å². The van der Waals surface area contributed by atoms with Gasteiger partial charge in [0.05, 0.1) is 5.56 Å². The minimum absolute atomic E-state index is 0.0664. The molecule has 1 aromatic carbocycles. The van der Waals surface area contributed by atoms with E-state index in [-0.39, 0.29) is 16.7 Å². The van der Waals surface area contributed by atoms with Crippen LogP contribution in [0.25, 0.3) is 0 Å². The van der Waals surface area contributed by atoms with Crippen LogP contribution in [0, 0.1) is 6.92 Å². The molecular weight excluding hydrogens is 368 g/mol. The Kier molecular flexibility index (Phi) is 6.11. The molecule has 1 amide bonds. The van der Waals surface area contributed by atoms with E-state index in [1.54, 1.807) is 5.38 Å². The van der Waals surface area contributed by atoms with Crippen LogP contribution in [0.4, 0.5) is 0 Å². The van der Waals surface area contributed by atoms with Crippen molar-refractivity contribution in [2.24, 2.45) is 0 Å². The fraction of sp³-hybridized carbons (Fsp3) is 0.421. The number of sulfonamides is 1. The maximum atomic E-state index is 12.6. The predicted octanol–water partition coefficient (Wildman–Crippen LogP) is 3.55. The Morgan fingerprint density at radius 1 is 1.15 bits per heavy atom. The highest BCUT2D eigenvalue weighted by Gasteiger charge is 2.22. The van der Waals surface area contributed by atoms with Crippen molar-refractivity contribution in [3.8, 4) is 0 Å². The monoisotopic (exact) mass is 392 g/mol. The second kappa shape index (κ2) is 8.33. The summed E-state index contributed by atoms with van der Waals surface area (Å²) in [5.41, 5.74) is 2.46. The van der Waals surface area contributed by atoms with E-state index in [9.17, 15) is 13.2 Å². The van der Waals surface area contributed by atoms with Gasteiger partial charge in [-0.2, -0.15) is 0 Å².